The number of aromatic nitrogens is 4. The van der Waals surface area contributed by atoms with Gasteiger partial charge in [-0.05, 0) is 79.7 Å². The van der Waals surface area contributed by atoms with E-state index in [2.05, 4.69) is 37.0 Å². The van der Waals surface area contributed by atoms with Crippen LogP contribution in [-0.4, -0.2) is 93.4 Å². The van der Waals surface area contributed by atoms with Gasteiger partial charge < -0.3 is 34.7 Å². The third-order valence-corrected chi connectivity index (χ3v) is 11.2. The lowest BCUT2D eigenvalue weighted by Crippen LogP contribution is -2.51. The second-order valence-corrected chi connectivity index (χ2v) is 15.8. The van der Waals surface area contributed by atoms with Gasteiger partial charge in [0.05, 0.1) is 43.0 Å². The third kappa shape index (κ3) is 8.14. The summed E-state index contributed by atoms with van der Waals surface area (Å²) in [6.45, 7) is 9.05. The molecule has 14 nitrogen and oxygen atoms in total. The first-order valence-electron chi connectivity index (χ1n) is 19.3. The van der Waals surface area contributed by atoms with Gasteiger partial charge in [0.25, 0.3) is 0 Å². The second kappa shape index (κ2) is 16.2. The van der Waals surface area contributed by atoms with Crippen LogP contribution >= 0.6 is 0 Å². The summed E-state index contributed by atoms with van der Waals surface area (Å²) in [5.41, 5.74) is 5.19. The summed E-state index contributed by atoms with van der Waals surface area (Å²) in [6.07, 6.45) is 7.14. The van der Waals surface area contributed by atoms with E-state index in [0.717, 1.165) is 77.2 Å². The van der Waals surface area contributed by atoms with Crippen LogP contribution in [0.3, 0.4) is 0 Å². The molecule has 0 radical (unpaired) electrons. The maximum atomic E-state index is 13.8. The number of carbonyl (C=O) groups is 3. The zero-order valence-electron chi connectivity index (χ0n) is 32.8. The van der Waals surface area contributed by atoms with Crippen LogP contribution in [0.25, 0.3) is 22.3 Å². The number of amides is 3. The summed E-state index contributed by atoms with van der Waals surface area (Å²) in [5, 5.41) is 2.74. The molecule has 3 fully saturated rings. The number of aliphatic imine (C=N–C) groups is 1. The molecule has 3 amide bonds. The van der Waals surface area contributed by atoms with E-state index in [9.17, 15) is 14.4 Å². The normalized spacial score (nSPS) is 19.8. The van der Waals surface area contributed by atoms with E-state index in [1.807, 2.05) is 86.2 Å². The van der Waals surface area contributed by atoms with Crippen molar-refractivity contribution in [3.63, 3.8) is 0 Å². The van der Waals surface area contributed by atoms with Crippen LogP contribution in [0.5, 0.6) is 0 Å². The summed E-state index contributed by atoms with van der Waals surface area (Å²) in [6, 6.07) is 12.2. The molecular weight excluding hydrogens is 713 g/mol. The maximum absolute atomic E-state index is 13.8. The number of ether oxygens (including phenoxy) is 1. The number of H-pyrrole nitrogens is 2. The van der Waals surface area contributed by atoms with Crippen LogP contribution in [-0.2, 0) is 24.1 Å². The van der Waals surface area contributed by atoms with Crippen molar-refractivity contribution < 1.29 is 28.9 Å². The minimum atomic E-state index is -0.688. The number of aromatic amines is 2. The number of nitrogens with one attached hydrogen (secondary N) is 3. The summed E-state index contributed by atoms with van der Waals surface area (Å²) in [4.78, 5) is 73.5. The van der Waals surface area contributed by atoms with Gasteiger partial charge in [-0.1, -0.05) is 51.7 Å². The number of nitrogens with zero attached hydrogens (tertiary/aromatic N) is 5. The number of likely N-dealkylation sites (tertiary alicyclic amines) is 2. The Balaban J connectivity index is 1.03. The van der Waals surface area contributed by atoms with Gasteiger partial charge in [0.2, 0.25) is 18.2 Å². The van der Waals surface area contributed by atoms with Crippen LogP contribution < -0.4 is 5.32 Å². The average Bonchev–Trinajstić information content (AvgIpc) is 3.68. The number of methoxy groups -OCH3 is 1. The molecule has 3 N–H and O–H groups in total. The Kier molecular flexibility index (Phi) is 11.2. The van der Waals surface area contributed by atoms with Gasteiger partial charge in [0.1, 0.15) is 23.7 Å². The van der Waals surface area contributed by atoms with Gasteiger partial charge in [0.15, 0.2) is 0 Å². The number of hydrogen-bond acceptors (Lipinski definition) is 9. The molecule has 1 spiro atoms. The number of alkyl carbamates (subject to hydrolysis) is 1. The largest absolute Gasteiger partial charge is 0.453 e. The first-order chi connectivity index (χ1) is 27.0. The van der Waals surface area contributed by atoms with E-state index in [1.165, 1.54) is 20.6 Å². The lowest BCUT2D eigenvalue weighted by molar-refractivity contribution is -0.188. The number of rotatable bonds is 11. The monoisotopic (exact) mass is 762 g/mol. The van der Waals surface area contributed by atoms with Crippen molar-refractivity contribution in [2.45, 2.75) is 84.0 Å². The van der Waals surface area contributed by atoms with Crippen molar-refractivity contribution in [2.24, 2.45) is 22.2 Å². The first kappa shape index (κ1) is 38.6. The Morgan fingerprint density at radius 1 is 0.946 bits per heavy atom. The Morgan fingerprint density at radius 2 is 1.70 bits per heavy atom. The number of fused-ring (bicyclic) bond motifs is 1. The van der Waals surface area contributed by atoms with Crippen molar-refractivity contribution in [3.8, 4) is 23.1 Å². The Hall–Kier alpha value is -5.68. The van der Waals surface area contributed by atoms with Crippen molar-refractivity contribution in [1.82, 2.24) is 35.1 Å². The Labute approximate surface area is 326 Å². The molecule has 294 valence electrons. The number of benzene rings is 2. The van der Waals surface area contributed by atoms with E-state index < -0.39 is 18.2 Å². The van der Waals surface area contributed by atoms with E-state index in [1.54, 1.807) is 0 Å². The molecule has 1 saturated carbocycles. The predicted octanol–water partition coefficient (Wildman–Crippen LogP) is 6.08. The highest BCUT2D eigenvalue weighted by Gasteiger charge is 2.55. The zero-order chi connectivity index (χ0) is 39.6. The molecule has 2 aromatic carbocycles. The van der Waals surface area contributed by atoms with Gasteiger partial charge in [-0.15, -0.1) is 0 Å². The quantitative estimate of drug-likeness (QED) is 0.0544. The fourth-order valence-corrected chi connectivity index (χ4v) is 7.87. The van der Waals surface area contributed by atoms with Gasteiger partial charge in [-0.3, -0.25) is 9.59 Å². The van der Waals surface area contributed by atoms with Crippen LogP contribution in [0.1, 0.15) is 94.7 Å². The molecule has 3 aliphatic rings. The Bertz CT molecular complexity index is 2160. The molecule has 7 rings (SSSR count). The molecule has 56 heavy (non-hydrogen) atoms. The molecule has 4 atom stereocenters. The predicted molar refractivity (Wildman–Crippen MR) is 210 cm³/mol. The van der Waals surface area contributed by atoms with Gasteiger partial charge in [0, 0.05) is 36.0 Å². The minimum Gasteiger partial charge on any atom is -0.453 e. The van der Waals surface area contributed by atoms with Crippen LogP contribution in [0.15, 0.2) is 53.7 Å². The topological polar surface area (TPSA) is 167 Å². The maximum Gasteiger partial charge on any atom is 0.407 e. The minimum absolute atomic E-state index is 0.0176. The van der Waals surface area contributed by atoms with Gasteiger partial charge >= 0.3 is 6.09 Å². The summed E-state index contributed by atoms with van der Waals surface area (Å²) < 4.78 is 4.80. The van der Waals surface area contributed by atoms with Crippen LogP contribution in [0.2, 0.25) is 0 Å². The fraction of sp³-hybridized carbons (Fsp3) is 0.476. The molecule has 2 aliphatic heterocycles. The molecule has 0 unspecified atom stereocenters. The molecule has 1 aliphatic carbocycles. The summed E-state index contributed by atoms with van der Waals surface area (Å²) in [5.74, 6) is 7.74. The number of carbonyl (C=O) groups excluding carboxylic acids is 3. The summed E-state index contributed by atoms with van der Waals surface area (Å²) >= 11 is 0. The lowest BCUT2D eigenvalue weighted by atomic mass is 10.0. The average molecular weight is 763 g/mol. The van der Waals surface area contributed by atoms with Gasteiger partial charge in [-0.2, -0.15) is 4.89 Å². The molecule has 4 aromatic rings. The lowest BCUT2D eigenvalue weighted by Gasteiger charge is -2.30. The molecular formula is C42H50N8O6. The van der Waals surface area contributed by atoms with E-state index in [0.29, 0.717) is 13.1 Å². The van der Waals surface area contributed by atoms with Crippen LogP contribution in [0, 0.1) is 29.1 Å². The highest BCUT2D eigenvalue weighted by atomic mass is 17.2. The van der Waals surface area contributed by atoms with Gasteiger partial charge in [-0.25, -0.2) is 19.8 Å². The standard InChI is InChI=1S/C42H50N8O6/c1-25(2)35(44-24-56-55-6)39(51)49-19-7-8-33(49)38-45-30-16-13-28(20-31(30)46-38)10-9-27-11-14-29(15-12-27)32-22-43-37(47-32)34-21-42(17-18-42)23-50(34)40(52)36(26(3)4)48-41(53)54-5/h11-16,20,22,24-26,33-36H,7-8,17-19,21,23H2,1-6H3,(H,43,47)(H,45,46)(H,48,53)/b44-24+/t33-,34-,35-,36-/m0/s1. The second-order valence-electron chi connectivity index (χ2n) is 15.8. The van der Waals surface area contributed by atoms with Crippen molar-refractivity contribution >= 4 is 35.3 Å². The third-order valence-electron chi connectivity index (χ3n) is 11.2. The van der Waals surface area contributed by atoms with E-state index in [-0.39, 0.29) is 41.1 Å². The van der Waals surface area contributed by atoms with Crippen LogP contribution in [0.4, 0.5) is 4.79 Å². The molecule has 4 heterocycles. The fourth-order valence-electron chi connectivity index (χ4n) is 7.87. The zero-order valence-corrected chi connectivity index (χ0v) is 32.8. The molecule has 2 saturated heterocycles. The molecule has 14 heteroatoms. The molecule has 2 aromatic heterocycles. The highest BCUT2D eigenvalue weighted by Crippen LogP contribution is 2.58. The van der Waals surface area contributed by atoms with E-state index in [4.69, 9.17) is 19.6 Å². The van der Waals surface area contributed by atoms with E-state index >= 15 is 0 Å². The first-order valence-corrected chi connectivity index (χ1v) is 19.3. The van der Waals surface area contributed by atoms with Crippen molar-refractivity contribution in [2.75, 3.05) is 27.3 Å². The molecule has 0 bridgehead atoms. The highest BCUT2D eigenvalue weighted by molar-refractivity contribution is 5.87. The number of imidazole rings is 2. The summed E-state index contributed by atoms with van der Waals surface area (Å²) in [7, 11) is 2.69. The Morgan fingerprint density at radius 3 is 2.39 bits per heavy atom. The van der Waals surface area contributed by atoms with Crippen molar-refractivity contribution in [3.05, 3.63) is 71.4 Å². The van der Waals surface area contributed by atoms with Crippen molar-refractivity contribution in [1.29, 1.82) is 0 Å². The smallest absolute Gasteiger partial charge is 0.407 e. The SMILES string of the molecule is COO/C=N/[C@H](C(=O)N1CCC[C@H]1c1nc2cc(C#Cc3ccc(-c4c[nH]c([C@@H]5CC6(CC6)CN5C(=O)[C@@H](NC(=O)OC)C(C)C)n4)cc3)ccc2[nH]1)C(C)C. The number of hydrogen-bond donors (Lipinski definition) is 3.